The highest BCUT2D eigenvalue weighted by Crippen LogP contribution is 2.15. The molecule has 4 heteroatoms. The Labute approximate surface area is 77.7 Å². The van der Waals surface area contributed by atoms with Gasteiger partial charge in [0, 0.05) is 18.4 Å². The standard InChI is InChI=1S/C9H15N3O/c1-7-5-12(11-9(7)10)6-8-3-2-4-13-8/h5,8H,2-4,6H2,1H3,(H2,10,11). The van der Waals surface area contributed by atoms with Crippen molar-refractivity contribution in [2.24, 2.45) is 0 Å². The van der Waals surface area contributed by atoms with Crippen molar-refractivity contribution in [1.29, 1.82) is 0 Å². The van der Waals surface area contributed by atoms with Crippen LogP contribution in [0.25, 0.3) is 0 Å². The predicted molar refractivity (Wildman–Crippen MR) is 50.4 cm³/mol. The molecule has 0 amide bonds. The Morgan fingerprint density at radius 3 is 3.15 bits per heavy atom. The van der Waals surface area contributed by atoms with Crippen LogP contribution in [-0.4, -0.2) is 22.5 Å². The molecule has 0 spiro atoms. The average Bonchev–Trinajstić information content (AvgIpc) is 2.64. The van der Waals surface area contributed by atoms with Crippen molar-refractivity contribution >= 4 is 5.82 Å². The van der Waals surface area contributed by atoms with Gasteiger partial charge in [0.05, 0.1) is 12.6 Å². The molecule has 1 aliphatic heterocycles. The summed E-state index contributed by atoms with van der Waals surface area (Å²) in [5, 5.41) is 4.19. The van der Waals surface area contributed by atoms with E-state index in [0.717, 1.165) is 25.1 Å². The third kappa shape index (κ3) is 1.83. The van der Waals surface area contributed by atoms with Crippen molar-refractivity contribution in [3.8, 4) is 0 Å². The van der Waals surface area contributed by atoms with Crippen LogP contribution >= 0.6 is 0 Å². The van der Waals surface area contributed by atoms with Crippen LogP contribution in [0.2, 0.25) is 0 Å². The van der Waals surface area contributed by atoms with Crippen LogP contribution < -0.4 is 5.73 Å². The summed E-state index contributed by atoms with van der Waals surface area (Å²) in [5.41, 5.74) is 6.68. The minimum Gasteiger partial charge on any atom is -0.382 e. The van der Waals surface area contributed by atoms with Gasteiger partial charge in [-0.05, 0) is 19.8 Å². The summed E-state index contributed by atoms with van der Waals surface area (Å²) in [6.07, 6.45) is 4.61. The van der Waals surface area contributed by atoms with Crippen molar-refractivity contribution in [1.82, 2.24) is 9.78 Å². The number of nitrogen functional groups attached to an aromatic ring is 1. The van der Waals surface area contributed by atoms with Crippen LogP contribution in [0.5, 0.6) is 0 Å². The lowest BCUT2D eigenvalue weighted by Gasteiger charge is -2.08. The summed E-state index contributed by atoms with van der Waals surface area (Å²) < 4.78 is 7.38. The fourth-order valence-electron chi connectivity index (χ4n) is 1.63. The Kier molecular flexibility index (Phi) is 2.22. The number of nitrogens with two attached hydrogens (primary N) is 1. The smallest absolute Gasteiger partial charge is 0.148 e. The third-order valence-electron chi connectivity index (χ3n) is 2.40. The molecule has 0 aromatic carbocycles. The number of anilines is 1. The Morgan fingerprint density at radius 1 is 1.77 bits per heavy atom. The summed E-state index contributed by atoms with van der Waals surface area (Å²) >= 11 is 0. The Hall–Kier alpha value is -1.03. The van der Waals surface area contributed by atoms with E-state index in [4.69, 9.17) is 10.5 Å². The second kappa shape index (κ2) is 3.38. The van der Waals surface area contributed by atoms with Crippen molar-refractivity contribution in [2.45, 2.75) is 32.4 Å². The van der Waals surface area contributed by atoms with E-state index < -0.39 is 0 Å². The highest BCUT2D eigenvalue weighted by molar-refractivity contribution is 5.35. The molecule has 1 aromatic heterocycles. The zero-order valence-corrected chi connectivity index (χ0v) is 7.86. The number of ether oxygens (including phenoxy) is 1. The van der Waals surface area contributed by atoms with Crippen LogP contribution in [-0.2, 0) is 11.3 Å². The molecular weight excluding hydrogens is 166 g/mol. The quantitative estimate of drug-likeness (QED) is 0.739. The molecule has 4 nitrogen and oxygen atoms in total. The van der Waals surface area contributed by atoms with E-state index in [9.17, 15) is 0 Å². The van der Waals surface area contributed by atoms with E-state index in [0.29, 0.717) is 11.9 Å². The number of aryl methyl sites for hydroxylation is 1. The van der Waals surface area contributed by atoms with Gasteiger partial charge in [-0.25, -0.2) is 0 Å². The maximum absolute atomic E-state index is 5.64. The number of aromatic nitrogens is 2. The van der Waals surface area contributed by atoms with E-state index in [1.54, 1.807) is 0 Å². The topological polar surface area (TPSA) is 53.1 Å². The molecule has 0 aliphatic carbocycles. The molecule has 1 saturated heterocycles. The molecule has 72 valence electrons. The van der Waals surface area contributed by atoms with Gasteiger partial charge in [-0.1, -0.05) is 0 Å². The largest absolute Gasteiger partial charge is 0.382 e. The predicted octanol–water partition coefficient (Wildman–Crippen LogP) is 0.953. The van der Waals surface area contributed by atoms with E-state index >= 15 is 0 Å². The molecule has 1 atom stereocenters. The number of hydrogen-bond donors (Lipinski definition) is 1. The van der Waals surface area contributed by atoms with Crippen molar-refractivity contribution < 1.29 is 4.74 Å². The van der Waals surface area contributed by atoms with Crippen LogP contribution in [0.1, 0.15) is 18.4 Å². The van der Waals surface area contributed by atoms with Gasteiger partial charge < -0.3 is 10.5 Å². The maximum Gasteiger partial charge on any atom is 0.148 e. The minimum absolute atomic E-state index is 0.332. The molecule has 2 N–H and O–H groups in total. The van der Waals surface area contributed by atoms with Gasteiger partial charge in [0.25, 0.3) is 0 Å². The minimum atomic E-state index is 0.332. The second-order valence-corrected chi connectivity index (χ2v) is 3.55. The highest BCUT2D eigenvalue weighted by Gasteiger charge is 2.16. The third-order valence-corrected chi connectivity index (χ3v) is 2.40. The summed E-state index contributed by atoms with van der Waals surface area (Å²) in [7, 11) is 0. The molecule has 1 unspecified atom stereocenters. The van der Waals surface area contributed by atoms with E-state index in [1.807, 2.05) is 17.8 Å². The lowest BCUT2D eigenvalue weighted by Crippen LogP contribution is -2.15. The van der Waals surface area contributed by atoms with Crippen molar-refractivity contribution in [2.75, 3.05) is 12.3 Å². The first-order chi connectivity index (χ1) is 6.25. The van der Waals surface area contributed by atoms with E-state index in [1.165, 1.54) is 6.42 Å². The normalized spacial score (nSPS) is 22.4. The van der Waals surface area contributed by atoms with Crippen molar-refractivity contribution in [3.05, 3.63) is 11.8 Å². The first-order valence-corrected chi connectivity index (χ1v) is 4.67. The van der Waals surface area contributed by atoms with Crippen LogP contribution in [0.15, 0.2) is 6.20 Å². The van der Waals surface area contributed by atoms with Gasteiger partial charge in [-0.15, -0.1) is 0 Å². The molecule has 0 radical (unpaired) electrons. The fourth-order valence-corrected chi connectivity index (χ4v) is 1.63. The second-order valence-electron chi connectivity index (χ2n) is 3.55. The van der Waals surface area contributed by atoms with Crippen molar-refractivity contribution in [3.63, 3.8) is 0 Å². The SMILES string of the molecule is Cc1cn(CC2CCCO2)nc1N. The highest BCUT2D eigenvalue weighted by atomic mass is 16.5. The van der Waals surface area contributed by atoms with Gasteiger partial charge in [0.2, 0.25) is 0 Å². The van der Waals surface area contributed by atoms with Gasteiger partial charge in [0.15, 0.2) is 0 Å². The fraction of sp³-hybridized carbons (Fsp3) is 0.667. The molecule has 0 saturated carbocycles. The van der Waals surface area contributed by atoms with Gasteiger partial charge in [0.1, 0.15) is 5.82 Å². The molecule has 0 bridgehead atoms. The molecular formula is C9H15N3O. The van der Waals surface area contributed by atoms with Gasteiger partial charge in [-0.3, -0.25) is 4.68 Å². The molecule has 2 rings (SSSR count). The molecule has 1 aromatic rings. The molecule has 13 heavy (non-hydrogen) atoms. The van der Waals surface area contributed by atoms with Gasteiger partial charge in [-0.2, -0.15) is 5.10 Å². The summed E-state index contributed by atoms with van der Waals surface area (Å²) in [4.78, 5) is 0. The Morgan fingerprint density at radius 2 is 2.62 bits per heavy atom. The van der Waals surface area contributed by atoms with E-state index in [2.05, 4.69) is 5.10 Å². The number of rotatable bonds is 2. The van der Waals surface area contributed by atoms with Crippen LogP contribution in [0.3, 0.4) is 0 Å². The first kappa shape index (κ1) is 8.56. The number of hydrogen-bond acceptors (Lipinski definition) is 3. The first-order valence-electron chi connectivity index (χ1n) is 4.67. The van der Waals surface area contributed by atoms with Crippen LogP contribution in [0, 0.1) is 6.92 Å². The van der Waals surface area contributed by atoms with E-state index in [-0.39, 0.29) is 0 Å². The number of nitrogens with zero attached hydrogens (tertiary/aromatic N) is 2. The monoisotopic (exact) mass is 181 g/mol. The summed E-state index contributed by atoms with van der Waals surface area (Å²) in [5.74, 6) is 0.623. The zero-order chi connectivity index (χ0) is 9.26. The van der Waals surface area contributed by atoms with Gasteiger partial charge >= 0.3 is 0 Å². The molecule has 1 fully saturated rings. The summed E-state index contributed by atoms with van der Waals surface area (Å²) in [6.45, 7) is 3.69. The zero-order valence-electron chi connectivity index (χ0n) is 7.86. The lowest BCUT2D eigenvalue weighted by atomic mass is 10.2. The average molecular weight is 181 g/mol. The lowest BCUT2D eigenvalue weighted by molar-refractivity contribution is 0.0941. The Bertz CT molecular complexity index is 270. The maximum atomic E-state index is 5.64. The summed E-state index contributed by atoms with van der Waals surface area (Å²) in [6, 6.07) is 0. The molecule has 2 heterocycles. The molecule has 1 aliphatic rings. The van der Waals surface area contributed by atoms with Crippen LogP contribution in [0.4, 0.5) is 5.82 Å². The Balaban J connectivity index is 2.00.